The van der Waals surface area contributed by atoms with Crippen LogP contribution < -0.4 is 4.74 Å². The summed E-state index contributed by atoms with van der Waals surface area (Å²) in [5, 5.41) is 9.91. The minimum absolute atomic E-state index is 0.112. The number of para-hydroxylation sites is 1. The second-order valence-corrected chi connectivity index (χ2v) is 4.53. The third kappa shape index (κ3) is 4.86. The standard InChI is InChI=1S/C13H17Cl2NO2/c1-2-6-16(7-9-17)8-10-18-13-11(14)4-3-5-12(13)15/h2-5,17H,1,6-10H2. The van der Waals surface area contributed by atoms with Gasteiger partial charge >= 0.3 is 0 Å². The molecule has 0 atom stereocenters. The molecular formula is C13H17Cl2NO2. The molecule has 0 fully saturated rings. The lowest BCUT2D eigenvalue weighted by molar-refractivity contribution is 0.180. The predicted octanol–water partition coefficient (Wildman–Crippen LogP) is 2.85. The van der Waals surface area contributed by atoms with E-state index in [4.69, 9.17) is 33.0 Å². The van der Waals surface area contributed by atoms with Crippen LogP contribution in [0.15, 0.2) is 30.9 Å². The molecule has 3 nitrogen and oxygen atoms in total. The fourth-order valence-corrected chi connectivity index (χ4v) is 2.02. The highest BCUT2D eigenvalue weighted by Crippen LogP contribution is 2.32. The van der Waals surface area contributed by atoms with Gasteiger partial charge in [0.05, 0.1) is 16.7 Å². The van der Waals surface area contributed by atoms with E-state index in [9.17, 15) is 0 Å². The Labute approximate surface area is 118 Å². The third-order valence-corrected chi connectivity index (χ3v) is 2.97. The molecule has 0 saturated carbocycles. The van der Waals surface area contributed by atoms with Crippen molar-refractivity contribution in [3.05, 3.63) is 40.9 Å². The predicted molar refractivity (Wildman–Crippen MR) is 75.7 cm³/mol. The van der Waals surface area contributed by atoms with E-state index in [1.165, 1.54) is 0 Å². The number of hydrogen-bond acceptors (Lipinski definition) is 3. The van der Waals surface area contributed by atoms with Crippen LogP contribution in [0.2, 0.25) is 10.0 Å². The van der Waals surface area contributed by atoms with Crippen LogP contribution in [0.1, 0.15) is 0 Å². The number of aliphatic hydroxyl groups excluding tert-OH is 1. The van der Waals surface area contributed by atoms with Gasteiger partial charge in [-0.1, -0.05) is 35.3 Å². The summed E-state index contributed by atoms with van der Waals surface area (Å²) in [7, 11) is 0. The molecule has 0 aromatic heterocycles. The number of nitrogens with zero attached hydrogens (tertiary/aromatic N) is 1. The molecule has 0 saturated heterocycles. The summed E-state index contributed by atoms with van der Waals surface area (Å²) in [6.07, 6.45) is 1.79. The lowest BCUT2D eigenvalue weighted by Crippen LogP contribution is -2.31. The van der Waals surface area contributed by atoms with Crippen molar-refractivity contribution in [1.82, 2.24) is 4.90 Å². The Morgan fingerprint density at radius 1 is 1.28 bits per heavy atom. The zero-order chi connectivity index (χ0) is 13.4. The van der Waals surface area contributed by atoms with Gasteiger partial charge < -0.3 is 9.84 Å². The van der Waals surface area contributed by atoms with Crippen molar-refractivity contribution < 1.29 is 9.84 Å². The van der Waals surface area contributed by atoms with E-state index in [2.05, 4.69) is 6.58 Å². The van der Waals surface area contributed by atoms with Gasteiger partial charge in [-0.05, 0) is 12.1 Å². The summed E-state index contributed by atoms with van der Waals surface area (Å²) in [6.45, 7) is 6.21. The summed E-state index contributed by atoms with van der Waals surface area (Å²) in [6, 6.07) is 5.24. The lowest BCUT2D eigenvalue weighted by Gasteiger charge is -2.19. The van der Waals surface area contributed by atoms with E-state index in [-0.39, 0.29) is 6.61 Å². The Bertz CT molecular complexity index is 365. The van der Waals surface area contributed by atoms with Crippen molar-refractivity contribution in [3.63, 3.8) is 0 Å². The molecule has 100 valence electrons. The van der Waals surface area contributed by atoms with E-state index in [0.29, 0.717) is 42.0 Å². The van der Waals surface area contributed by atoms with Crippen molar-refractivity contribution in [2.75, 3.05) is 32.8 Å². The second-order valence-electron chi connectivity index (χ2n) is 3.71. The fourth-order valence-electron chi connectivity index (χ4n) is 1.52. The van der Waals surface area contributed by atoms with E-state index in [1.807, 2.05) is 4.90 Å². The van der Waals surface area contributed by atoms with E-state index < -0.39 is 0 Å². The molecule has 0 amide bonds. The van der Waals surface area contributed by atoms with Gasteiger partial charge in [-0.25, -0.2) is 0 Å². The molecule has 1 N–H and O–H groups in total. The van der Waals surface area contributed by atoms with Crippen LogP contribution in [-0.4, -0.2) is 42.9 Å². The number of aliphatic hydroxyl groups is 1. The van der Waals surface area contributed by atoms with Crippen LogP contribution in [0.4, 0.5) is 0 Å². The summed E-state index contributed by atoms with van der Waals surface area (Å²) < 4.78 is 5.57. The first-order valence-corrected chi connectivity index (χ1v) is 6.45. The Morgan fingerprint density at radius 3 is 2.50 bits per heavy atom. The van der Waals surface area contributed by atoms with Crippen LogP contribution in [0.5, 0.6) is 5.75 Å². The Morgan fingerprint density at radius 2 is 1.94 bits per heavy atom. The van der Waals surface area contributed by atoms with Crippen LogP contribution in [0.25, 0.3) is 0 Å². The smallest absolute Gasteiger partial charge is 0.156 e. The third-order valence-electron chi connectivity index (χ3n) is 2.38. The summed E-state index contributed by atoms with van der Waals surface area (Å²) in [5.74, 6) is 0.503. The highest BCUT2D eigenvalue weighted by Gasteiger charge is 2.07. The van der Waals surface area contributed by atoms with Gasteiger partial charge in [-0.2, -0.15) is 0 Å². The highest BCUT2D eigenvalue weighted by molar-refractivity contribution is 6.37. The number of benzene rings is 1. The average Bonchev–Trinajstić information content (AvgIpc) is 2.33. The number of ether oxygens (including phenoxy) is 1. The first kappa shape index (κ1) is 15.3. The molecular weight excluding hydrogens is 273 g/mol. The van der Waals surface area contributed by atoms with Gasteiger partial charge in [0.25, 0.3) is 0 Å². The zero-order valence-corrected chi connectivity index (χ0v) is 11.6. The fraction of sp³-hybridized carbons (Fsp3) is 0.385. The topological polar surface area (TPSA) is 32.7 Å². The van der Waals surface area contributed by atoms with E-state index in [0.717, 1.165) is 0 Å². The molecule has 0 aliphatic heterocycles. The summed E-state index contributed by atoms with van der Waals surface area (Å²) in [5.41, 5.74) is 0. The molecule has 0 aliphatic rings. The SMILES string of the molecule is C=CCN(CCO)CCOc1c(Cl)cccc1Cl. The molecule has 1 aromatic rings. The molecule has 1 aromatic carbocycles. The van der Waals surface area contributed by atoms with Crippen LogP contribution >= 0.6 is 23.2 Å². The molecule has 0 unspecified atom stereocenters. The largest absolute Gasteiger partial charge is 0.489 e. The molecule has 0 aliphatic carbocycles. The minimum Gasteiger partial charge on any atom is -0.489 e. The van der Waals surface area contributed by atoms with Crippen LogP contribution in [0, 0.1) is 0 Å². The molecule has 1 rings (SSSR count). The van der Waals surface area contributed by atoms with Crippen molar-refractivity contribution in [1.29, 1.82) is 0 Å². The second kappa shape index (κ2) is 8.38. The van der Waals surface area contributed by atoms with Crippen LogP contribution in [-0.2, 0) is 0 Å². The summed E-state index contributed by atoms with van der Waals surface area (Å²) >= 11 is 12.0. The maximum absolute atomic E-state index is 8.91. The molecule has 0 spiro atoms. The monoisotopic (exact) mass is 289 g/mol. The normalized spacial score (nSPS) is 10.7. The van der Waals surface area contributed by atoms with Gasteiger partial charge in [-0.3, -0.25) is 4.90 Å². The highest BCUT2D eigenvalue weighted by atomic mass is 35.5. The molecule has 18 heavy (non-hydrogen) atoms. The van der Waals surface area contributed by atoms with E-state index in [1.54, 1.807) is 24.3 Å². The number of rotatable bonds is 8. The number of halogens is 2. The maximum atomic E-state index is 8.91. The summed E-state index contributed by atoms with van der Waals surface area (Å²) in [4.78, 5) is 2.03. The van der Waals surface area contributed by atoms with E-state index >= 15 is 0 Å². The van der Waals surface area contributed by atoms with Gasteiger partial charge in [0.1, 0.15) is 6.61 Å². The lowest BCUT2D eigenvalue weighted by atomic mass is 10.3. The quantitative estimate of drug-likeness (QED) is 0.747. The average molecular weight is 290 g/mol. The number of hydrogen-bond donors (Lipinski definition) is 1. The van der Waals surface area contributed by atoms with Crippen molar-refractivity contribution in [2.45, 2.75) is 0 Å². The first-order valence-electron chi connectivity index (χ1n) is 5.70. The molecule has 0 heterocycles. The van der Waals surface area contributed by atoms with Gasteiger partial charge in [-0.15, -0.1) is 6.58 Å². The molecule has 0 radical (unpaired) electrons. The molecule has 0 bridgehead atoms. The van der Waals surface area contributed by atoms with Crippen LogP contribution in [0.3, 0.4) is 0 Å². The van der Waals surface area contributed by atoms with Crippen molar-refractivity contribution in [2.24, 2.45) is 0 Å². The maximum Gasteiger partial charge on any atom is 0.156 e. The van der Waals surface area contributed by atoms with Gasteiger partial charge in [0, 0.05) is 19.6 Å². The van der Waals surface area contributed by atoms with Gasteiger partial charge in [0.15, 0.2) is 5.75 Å². The van der Waals surface area contributed by atoms with Crippen molar-refractivity contribution >= 4 is 23.2 Å². The zero-order valence-electron chi connectivity index (χ0n) is 10.1. The van der Waals surface area contributed by atoms with Crippen molar-refractivity contribution in [3.8, 4) is 5.75 Å². The Kier molecular flexibility index (Phi) is 7.13. The van der Waals surface area contributed by atoms with Gasteiger partial charge in [0.2, 0.25) is 0 Å². The minimum atomic E-state index is 0.112. The Hall–Kier alpha value is -0.740. The first-order chi connectivity index (χ1) is 8.69. The Balaban J connectivity index is 2.47. The molecule has 5 heteroatoms.